The van der Waals surface area contributed by atoms with Crippen LogP contribution < -0.4 is 0 Å². The predicted octanol–water partition coefficient (Wildman–Crippen LogP) is 5.05. The van der Waals surface area contributed by atoms with E-state index in [1.54, 1.807) is 0 Å². The Kier molecular flexibility index (Phi) is 6.93. The van der Waals surface area contributed by atoms with Gasteiger partial charge in [0.05, 0.1) is 12.5 Å². The normalized spacial score (nSPS) is 15.6. The first-order chi connectivity index (χ1) is 15.6. The maximum atomic E-state index is 13.3. The van der Waals surface area contributed by atoms with Crippen LogP contribution >= 0.6 is 0 Å². The number of hydrogen-bond acceptors (Lipinski definition) is 3. The van der Waals surface area contributed by atoms with E-state index in [9.17, 15) is 9.59 Å². The van der Waals surface area contributed by atoms with Crippen molar-refractivity contribution in [3.8, 4) is 0 Å². The van der Waals surface area contributed by atoms with Gasteiger partial charge in [-0.3, -0.25) is 9.59 Å². The molecule has 1 aliphatic heterocycles. The molecule has 1 fully saturated rings. The van der Waals surface area contributed by atoms with Gasteiger partial charge in [0.2, 0.25) is 5.91 Å². The van der Waals surface area contributed by atoms with Gasteiger partial charge < -0.3 is 14.6 Å². The highest BCUT2D eigenvalue weighted by atomic mass is 16.5. The summed E-state index contributed by atoms with van der Waals surface area (Å²) in [5.41, 5.74) is 4.75. The van der Waals surface area contributed by atoms with Crippen molar-refractivity contribution < 1.29 is 14.3 Å². The Bertz CT molecular complexity index is 1060. The van der Waals surface area contributed by atoms with E-state index in [4.69, 9.17) is 4.74 Å². The highest BCUT2D eigenvalue weighted by Gasteiger charge is 2.30. The molecule has 1 atom stereocenters. The van der Waals surface area contributed by atoms with Crippen molar-refractivity contribution in [2.45, 2.75) is 45.4 Å². The minimum absolute atomic E-state index is 0.0210. The summed E-state index contributed by atoms with van der Waals surface area (Å²) in [4.78, 5) is 30.8. The molecule has 168 valence electrons. The quantitative estimate of drug-likeness (QED) is 0.531. The Morgan fingerprint density at radius 2 is 1.81 bits per heavy atom. The van der Waals surface area contributed by atoms with E-state index < -0.39 is 0 Å². The molecule has 0 bridgehead atoms. The first-order valence-corrected chi connectivity index (χ1v) is 11.7. The average Bonchev–Trinajstić information content (AvgIpc) is 3.27. The van der Waals surface area contributed by atoms with Crippen molar-refractivity contribution in [2.24, 2.45) is 5.92 Å². The number of nitrogens with zero attached hydrogens (tertiary/aromatic N) is 1. The molecule has 2 heterocycles. The summed E-state index contributed by atoms with van der Waals surface area (Å²) < 4.78 is 5.16. The zero-order chi connectivity index (χ0) is 22.5. The molecule has 0 aliphatic carbocycles. The standard InChI is InChI=1S/C27H32N2O3/c1-3-19-11-8-12-22-24(18-28-26(19)22)23(20-9-6-5-7-10-20)17-25(30)29-15-13-21(14-16-29)27(31)32-4-2/h5-12,18,21,23,28H,3-4,13-17H2,1-2H3. The number of benzene rings is 2. The van der Waals surface area contributed by atoms with Gasteiger partial charge in [-0.1, -0.05) is 55.5 Å². The molecule has 0 radical (unpaired) electrons. The Labute approximate surface area is 189 Å². The SMILES string of the molecule is CCOC(=O)C1CCN(C(=O)CC(c2ccccc2)c2c[nH]c3c(CC)cccc23)CC1. The molecule has 5 nitrogen and oxygen atoms in total. The van der Waals surface area contributed by atoms with E-state index >= 15 is 0 Å². The fourth-order valence-corrected chi connectivity index (χ4v) is 4.84. The van der Waals surface area contributed by atoms with Gasteiger partial charge in [0, 0.05) is 42.5 Å². The second-order valence-electron chi connectivity index (χ2n) is 8.51. The van der Waals surface area contributed by atoms with Gasteiger partial charge in [-0.2, -0.15) is 0 Å². The van der Waals surface area contributed by atoms with Crippen LogP contribution in [0.1, 0.15) is 55.7 Å². The summed E-state index contributed by atoms with van der Waals surface area (Å²) in [5, 5.41) is 1.19. The largest absolute Gasteiger partial charge is 0.466 e. The first-order valence-electron chi connectivity index (χ1n) is 11.7. The third-order valence-electron chi connectivity index (χ3n) is 6.64. The summed E-state index contributed by atoms with van der Waals surface area (Å²) in [6.45, 7) is 5.61. The Morgan fingerprint density at radius 3 is 2.50 bits per heavy atom. The number of fused-ring (bicyclic) bond motifs is 1. The van der Waals surface area contributed by atoms with Crippen LogP contribution in [0.25, 0.3) is 10.9 Å². The van der Waals surface area contributed by atoms with Crippen LogP contribution in [0, 0.1) is 5.92 Å². The Hall–Kier alpha value is -3.08. The molecular weight excluding hydrogens is 400 g/mol. The van der Waals surface area contributed by atoms with Crippen molar-refractivity contribution in [2.75, 3.05) is 19.7 Å². The number of ether oxygens (including phenoxy) is 1. The van der Waals surface area contributed by atoms with E-state index in [1.165, 1.54) is 10.9 Å². The summed E-state index contributed by atoms with van der Waals surface area (Å²) in [5.74, 6) is -0.105. The van der Waals surface area contributed by atoms with Gasteiger partial charge >= 0.3 is 5.97 Å². The monoisotopic (exact) mass is 432 g/mol. The average molecular weight is 433 g/mol. The van der Waals surface area contributed by atoms with E-state index in [-0.39, 0.29) is 23.7 Å². The van der Waals surface area contributed by atoms with Crippen molar-refractivity contribution in [3.05, 3.63) is 71.4 Å². The van der Waals surface area contributed by atoms with Crippen LogP contribution in [0.15, 0.2) is 54.7 Å². The van der Waals surface area contributed by atoms with Crippen LogP contribution in [-0.2, 0) is 20.7 Å². The smallest absolute Gasteiger partial charge is 0.309 e. The third-order valence-corrected chi connectivity index (χ3v) is 6.64. The second-order valence-corrected chi connectivity index (χ2v) is 8.51. The van der Waals surface area contributed by atoms with E-state index in [1.807, 2.05) is 30.0 Å². The lowest BCUT2D eigenvalue weighted by Crippen LogP contribution is -2.41. The van der Waals surface area contributed by atoms with Crippen LogP contribution in [0.4, 0.5) is 0 Å². The van der Waals surface area contributed by atoms with Gasteiger partial charge in [0.1, 0.15) is 0 Å². The molecule has 1 amide bonds. The summed E-state index contributed by atoms with van der Waals surface area (Å²) >= 11 is 0. The van der Waals surface area contributed by atoms with Crippen LogP contribution in [0.5, 0.6) is 0 Å². The molecule has 1 aromatic heterocycles. The maximum Gasteiger partial charge on any atom is 0.309 e. The zero-order valence-corrected chi connectivity index (χ0v) is 19.0. The highest BCUT2D eigenvalue weighted by Crippen LogP contribution is 2.35. The molecule has 4 rings (SSSR count). The van der Waals surface area contributed by atoms with Crippen LogP contribution in [0.2, 0.25) is 0 Å². The van der Waals surface area contributed by atoms with Crippen molar-refractivity contribution in [1.82, 2.24) is 9.88 Å². The number of H-pyrrole nitrogens is 1. The predicted molar refractivity (Wildman–Crippen MR) is 127 cm³/mol. The number of rotatable bonds is 7. The number of carbonyl (C=O) groups excluding carboxylic acids is 2. The highest BCUT2D eigenvalue weighted by molar-refractivity contribution is 5.88. The van der Waals surface area contributed by atoms with E-state index in [0.29, 0.717) is 39.0 Å². The minimum atomic E-state index is -0.132. The first kappa shape index (κ1) is 22.1. The molecule has 1 N–H and O–H groups in total. The molecule has 1 aliphatic rings. The number of carbonyl (C=O) groups is 2. The minimum Gasteiger partial charge on any atom is -0.466 e. The van der Waals surface area contributed by atoms with E-state index in [0.717, 1.165) is 23.1 Å². The van der Waals surface area contributed by atoms with Gasteiger partial charge in [0.25, 0.3) is 0 Å². The maximum absolute atomic E-state index is 13.3. The molecule has 3 aromatic rings. The second kappa shape index (κ2) is 10.0. The Morgan fingerprint density at radius 1 is 1.06 bits per heavy atom. The van der Waals surface area contributed by atoms with Gasteiger partial charge in [0.15, 0.2) is 0 Å². The topological polar surface area (TPSA) is 62.4 Å². The molecule has 1 unspecified atom stereocenters. The van der Waals surface area contributed by atoms with Crippen molar-refractivity contribution >= 4 is 22.8 Å². The fourth-order valence-electron chi connectivity index (χ4n) is 4.84. The number of nitrogens with one attached hydrogen (secondary N) is 1. The molecule has 0 saturated carbocycles. The lowest BCUT2D eigenvalue weighted by molar-refractivity contribution is -0.151. The molecule has 2 aromatic carbocycles. The van der Waals surface area contributed by atoms with Crippen molar-refractivity contribution in [1.29, 1.82) is 0 Å². The zero-order valence-electron chi connectivity index (χ0n) is 19.0. The lowest BCUT2D eigenvalue weighted by Gasteiger charge is -2.32. The molecule has 5 heteroatoms. The van der Waals surface area contributed by atoms with Gasteiger partial charge in [-0.15, -0.1) is 0 Å². The number of aromatic nitrogens is 1. The van der Waals surface area contributed by atoms with Crippen molar-refractivity contribution in [3.63, 3.8) is 0 Å². The van der Waals surface area contributed by atoms with E-state index in [2.05, 4.69) is 48.4 Å². The molecule has 0 spiro atoms. The van der Waals surface area contributed by atoms with Gasteiger partial charge in [-0.25, -0.2) is 0 Å². The Balaban J connectivity index is 1.56. The number of amides is 1. The number of esters is 1. The fraction of sp³-hybridized carbons (Fsp3) is 0.407. The summed E-state index contributed by atoms with van der Waals surface area (Å²) in [6.07, 6.45) is 4.79. The van der Waals surface area contributed by atoms with Gasteiger partial charge in [-0.05, 0) is 42.9 Å². The number of piperidine rings is 1. The number of aryl methyl sites for hydroxylation is 1. The van der Waals surface area contributed by atoms with Crippen LogP contribution in [-0.4, -0.2) is 41.5 Å². The van der Waals surface area contributed by atoms with Crippen LogP contribution in [0.3, 0.4) is 0 Å². The lowest BCUT2D eigenvalue weighted by atomic mass is 9.87. The number of likely N-dealkylation sites (tertiary alicyclic amines) is 1. The molecule has 32 heavy (non-hydrogen) atoms. The summed E-state index contributed by atoms with van der Waals surface area (Å²) in [6, 6.07) is 16.7. The number of para-hydroxylation sites is 1. The molecule has 1 saturated heterocycles. The summed E-state index contributed by atoms with van der Waals surface area (Å²) in [7, 11) is 0. The number of hydrogen-bond donors (Lipinski definition) is 1. The molecular formula is C27H32N2O3. The third kappa shape index (κ3) is 4.57. The number of aromatic amines is 1.